The summed E-state index contributed by atoms with van der Waals surface area (Å²) in [5.41, 5.74) is 6.02. The van der Waals surface area contributed by atoms with Crippen LogP contribution in [0.4, 0.5) is 5.69 Å². The van der Waals surface area contributed by atoms with Crippen LogP contribution < -0.4 is 16.4 Å². The summed E-state index contributed by atoms with van der Waals surface area (Å²) in [6.45, 7) is 3.42. The molecule has 1 aromatic heterocycles. The Kier molecular flexibility index (Phi) is 6.32. The fraction of sp³-hybridized carbons (Fsp3) is 0.462. The molecule has 7 nitrogen and oxygen atoms in total. The third-order valence-corrected chi connectivity index (χ3v) is 3.65. The zero-order valence-electron chi connectivity index (χ0n) is 12.1. The summed E-state index contributed by atoms with van der Waals surface area (Å²) >= 11 is 1.16. The number of hydrogen-bond acceptors (Lipinski definition) is 6. The maximum Gasteiger partial charge on any atom is 0.350 e. The van der Waals surface area contributed by atoms with Gasteiger partial charge in [-0.2, -0.15) is 0 Å². The number of thiophene rings is 1. The highest BCUT2D eigenvalue weighted by molar-refractivity contribution is 7.12. The SMILES string of the molecule is COC(=O)c1sccc1NC(=O)CNC(=O)[C@@H](N)C(C)C. The average molecular weight is 313 g/mol. The van der Waals surface area contributed by atoms with Gasteiger partial charge in [0.1, 0.15) is 4.88 Å². The number of nitrogens with two attached hydrogens (primary N) is 1. The molecule has 0 saturated carbocycles. The minimum absolute atomic E-state index is 0.0177. The molecule has 0 spiro atoms. The van der Waals surface area contributed by atoms with Crippen LogP contribution in [0.2, 0.25) is 0 Å². The lowest BCUT2D eigenvalue weighted by Gasteiger charge is -2.15. The Bertz CT molecular complexity index is 527. The summed E-state index contributed by atoms with van der Waals surface area (Å²) < 4.78 is 4.61. The number of methoxy groups -OCH3 is 1. The maximum absolute atomic E-state index is 11.8. The first-order chi connectivity index (χ1) is 9.86. The largest absolute Gasteiger partial charge is 0.465 e. The zero-order valence-corrected chi connectivity index (χ0v) is 13.0. The smallest absolute Gasteiger partial charge is 0.350 e. The number of rotatable bonds is 6. The molecule has 1 rings (SSSR count). The van der Waals surface area contributed by atoms with Crippen LogP contribution >= 0.6 is 11.3 Å². The first-order valence-electron chi connectivity index (χ1n) is 6.35. The molecule has 0 fully saturated rings. The first-order valence-corrected chi connectivity index (χ1v) is 7.23. The molecular formula is C13H19N3O4S. The summed E-state index contributed by atoms with van der Waals surface area (Å²) in [4.78, 5) is 35.1. The van der Waals surface area contributed by atoms with Crippen molar-refractivity contribution in [3.05, 3.63) is 16.3 Å². The van der Waals surface area contributed by atoms with Crippen LogP contribution in [0.1, 0.15) is 23.5 Å². The number of amides is 2. The van der Waals surface area contributed by atoms with E-state index in [2.05, 4.69) is 15.4 Å². The van der Waals surface area contributed by atoms with Crippen LogP contribution in [0.5, 0.6) is 0 Å². The van der Waals surface area contributed by atoms with E-state index in [0.717, 1.165) is 11.3 Å². The van der Waals surface area contributed by atoms with E-state index in [9.17, 15) is 14.4 Å². The van der Waals surface area contributed by atoms with Crippen molar-refractivity contribution in [1.29, 1.82) is 0 Å². The van der Waals surface area contributed by atoms with Crippen LogP contribution in [-0.2, 0) is 14.3 Å². The minimum atomic E-state index is -0.662. The number of carbonyl (C=O) groups excluding carboxylic acids is 3. The Balaban J connectivity index is 2.54. The van der Waals surface area contributed by atoms with E-state index in [-0.39, 0.29) is 12.5 Å². The van der Waals surface area contributed by atoms with E-state index in [1.807, 2.05) is 13.8 Å². The summed E-state index contributed by atoms with van der Waals surface area (Å²) in [6.07, 6.45) is 0. The van der Waals surface area contributed by atoms with Crippen molar-refractivity contribution < 1.29 is 19.1 Å². The topological polar surface area (TPSA) is 111 Å². The Labute approximate surface area is 126 Å². The van der Waals surface area contributed by atoms with E-state index in [0.29, 0.717) is 10.6 Å². The van der Waals surface area contributed by atoms with Crippen molar-refractivity contribution in [2.75, 3.05) is 19.0 Å². The van der Waals surface area contributed by atoms with E-state index >= 15 is 0 Å². The molecule has 8 heteroatoms. The number of ether oxygens (including phenoxy) is 1. The van der Waals surface area contributed by atoms with Gasteiger partial charge in [0.2, 0.25) is 11.8 Å². The Morgan fingerprint density at radius 1 is 1.38 bits per heavy atom. The van der Waals surface area contributed by atoms with Gasteiger partial charge in [-0.3, -0.25) is 9.59 Å². The molecule has 0 aliphatic carbocycles. The van der Waals surface area contributed by atoms with Crippen LogP contribution in [0.3, 0.4) is 0 Å². The Morgan fingerprint density at radius 3 is 2.62 bits per heavy atom. The average Bonchev–Trinajstić information content (AvgIpc) is 2.90. The van der Waals surface area contributed by atoms with Gasteiger partial charge in [-0.1, -0.05) is 13.8 Å². The molecular weight excluding hydrogens is 294 g/mol. The second-order valence-electron chi connectivity index (χ2n) is 4.69. The molecule has 0 saturated heterocycles. The van der Waals surface area contributed by atoms with Gasteiger partial charge in [-0.25, -0.2) is 4.79 Å². The zero-order chi connectivity index (χ0) is 16.0. The lowest BCUT2D eigenvalue weighted by Crippen LogP contribution is -2.46. The molecule has 4 N–H and O–H groups in total. The predicted molar refractivity (Wildman–Crippen MR) is 80.1 cm³/mol. The van der Waals surface area contributed by atoms with E-state index in [1.165, 1.54) is 7.11 Å². The van der Waals surface area contributed by atoms with Gasteiger partial charge >= 0.3 is 5.97 Å². The molecule has 1 heterocycles. The Hall–Kier alpha value is -1.93. The second-order valence-corrected chi connectivity index (χ2v) is 5.61. The summed E-state index contributed by atoms with van der Waals surface area (Å²) in [5.74, 6) is -1.37. The number of esters is 1. The minimum Gasteiger partial charge on any atom is -0.465 e. The van der Waals surface area contributed by atoms with Gasteiger partial charge in [0, 0.05) is 0 Å². The molecule has 0 aliphatic rings. The summed E-state index contributed by atoms with van der Waals surface area (Å²) in [6, 6.07) is 0.931. The van der Waals surface area contributed by atoms with Gasteiger partial charge in [-0.15, -0.1) is 11.3 Å². The number of hydrogen-bond donors (Lipinski definition) is 3. The molecule has 0 bridgehead atoms. The standard InChI is InChI=1S/C13H19N3O4S/c1-7(2)10(14)12(18)15-6-9(17)16-8-4-5-21-11(8)13(19)20-3/h4-5,7,10H,6,14H2,1-3H3,(H,15,18)(H,16,17)/t10-/m0/s1. The first kappa shape index (κ1) is 17.1. The normalized spacial score (nSPS) is 11.9. The van der Waals surface area contributed by atoms with Crippen molar-refractivity contribution >= 4 is 34.8 Å². The van der Waals surface area contributed by atoms with E-state index in [1.54, 1.807) is 11.4 Å². The predicted octanol–water partition coefficient (Wildman–Crippen LogP) is 0.573. The van der Waals surface area contributed by atoms with Crippen LogP contribution in [0.15, 0.2) is 11.4 Å². The molecule has 0 aromatic carbocycles. The number of carbonyl (C=O) groups is 3. The fourth-order valence-corrected chi connectivity index (χ4v) is 2.21. The van der Waals surface area contributed by atoms with E-state index < -0.39 is 23.8 Å². The van der Waals surface area contributed by atoms with Crippen molar-refractivity contribution in [3.8, 4) is 0 Å². The van der Waals surface area contributed by atoms with Gasteiger partial charge in [0.25, 0.3) is 0 Å². The van der Waals surface area contributed by atoms with Crippen molar-refractivity contribution in [1.82, 2.24) is 5.32 Å². The maximum atomic E-state index is 11.8. The lowest BCUT2D eigenvalue weighted by atomic mass is 10.1. The number of nitrogens with one attached hydrogen (secondary N) is 2. The second kappa shape index (κ2) is 7.75. The summed E-state index contributed by atoms with van der Waals surface area (Å²) in [5, 5.41) is 6.66. The van der Waals surface area contributed by atoms with Crippen molar-refractivity contribution in [2.45, 2.75) is 19.9 Å². The molecule has 0 aliphatic heterocycles. The van der Waals surface area contributed by atoms with Gasteiger partial charge in [-0.05, 0) is 17.4 Å². The third-order valence-electron chi connectivity index (χ3n) is 2.75. The molecule has 21 heavy (non-hydrogen) atoms. The molecule has 2 amide bonds. The van der Waals surface area contributed by atoms with Crippen LogP contribution in [-0.4, -0.2) is 37.5 Å². The molecule has 1 aromatic rings. The third kappa shape index (κ3) is 4.83. The van der Waals surface area contributed by atoms with Crippen molar-refractivity contribution in [2.24, 2.45) is 11.7 Å². The molecule has 0 unspecified atom stereocenters. The highest BCUT2D eigenvalue weighted by Crippen LogP contribution is 2.22. The fourth-order valence-electron chi connectivity index (χ4n) is 1.44. The van der Waals surface area contributed by atoms with Gasteiger partial charge in [0.05, 0.1) is 25.4 Å². The van der Waals surface area contributed by atoms with Crippen LogP contribution in [0.25, 0.3) is 0 Å². The Morgan fingerprint density at radius 2 is 2.05 bits per heavy atom. The number of anilines is 1. The molecule has 0 radical (unpaired) electrons. The van der Waals surface area contributed by atoms with E-state index in [4.69, 9.17) is 5.73 Å². The monoisotopic (exact) mass is 313 g/mol. The quantitative estimate of drug-likeness (QED) is 0.665. The highest BCUT2D eigenvalue weighted by atomic mass is 32.1. The molecule has 1 atom stereocenters. The van der Waals surface area contributed by atoms with Crippen LogP contribution in [0, 0.1) is 5.92 Å². The highest BCUT2D eigenvalue weighted by Gasteiger charge is 2.19. The summed E-state index contributed by atoms with van der Waals surface area (Å²) in [7, 11) is 1.27. The van der Waals surface area contributed by atoms with Gasteiger partial charge in [0.15, 0.2) is 0 Å². The van der Waals surface area contributed by atoms with Gasteiger partial charge < -0.3 is 21.1 Å². The lowest BCUT2D eigenvalue weighted by molar-refractivity contribution is -0.125. The van der Waals surface area contributed by atoms with Crippen molar-refractivity contribution in [3.63, 3.8) is 0 Å². The molecule has 116 valence electrons.